The zero-order valence-electron chi connectivity index (χ0n) is 8.10. The first-order valence-electron chi connectivity index (χ1n) is 4.81. The van der Waals surface area contributed by atoms with Gasteiger partial charge in [0.25, 0.3) is 10.1 Å². The number of benzene rings is 1. The minimum absolute atomic E-state index is 0.363. The van der Waals surface area contributed by atoms with Crippen LogP contribution in [0, 0.1) is 0 Å². The van der Waals surface area contributed by atoms with Crippen molar-refractivity contribution in [1.29, 1.82) is 0 Å². The lowest BCUT2D eigenvalue weighted by Crippen LogP contribution is -2.06. The van der Waals surface area contributed by atoms with Crippen molar-refractivity contribution in [2.45, 2.75) is 30.6 Å². The third-order valence-corrected chi connectivity index (χ3v) is 3.58. The van der Waals surface area contributed by atoms with Crippen LogP contribution in [-0.2, 0) is 23.0 Å². The Morgan fingerprint density at radius 2 is 1.60 bits per heavy atom. The summed E-state index contributed by atoms with van der Waals surface area (Å²) in [7, 11) is -4.32. The van der Waals surface area contributed by atoms with Gasteiger partial charge in [-0.25, -0.2) is 0 Å². The Balaban J connectivity index is 2.60. The first-order chi connectivity index (χ1) is 6.98. The number of fused-ring (bicyclic) bond motifs is 1. The lowest BCUT2D eigenvalue weighted by atomic mass is 9.92. The van der Waals surface area contributed by atoms with Crippen LogP contribution in [0.3, 0.4) is 0 Å². The molecule has 1 aliphatic rings. The summed E-state index contributed by atoms with van der Waals surface area (Å²) in [5, 5.41) is 9.46. The summed E-state index contributed by atoms with van der Waals surface area (Å²) in [6.07, 6.45) is 3.73. The molecule has 0 fully saturated rings. The quantitative estimate of drug-likeness (QED) is 0.714. The number of phenols is 1. The van der Waals surface area contributed by atoms with Crippen LogP contribution >= 0.6 is 0 Å². The third-order valence-electron chi connectivity index (χ3n) is 2.70. The first kappa shape index (κ1) is 10.4. The van der Waals surface area contributed by atoms with Crippen LogP contribution in [0.4, 0.5) is 0 Å². The average molecular weight is 228 g/mol. The Kier molecular flexibility index (Phi) is 2.44. The van der Waals surface area contributed by atoms with Crippen LogP contribution in [0.2, 0.25) is 0 Å². The van der Waals surface area contributed by atoms with Crippen LogP contribution in [0.15, 0.2) is 17.0 Å². The molecule has 82 valence electrons. The number of phenolic OH excluding ortho intramolecular Hbond substituents is 1. The predicted molar refractivity (Wildman–Crippen MR) is 54.6 cm³/mol. The van der Waals surface area contributed by atoms with Crippen molar-refractivity contribution in [2.75, 3.05) is 0 Å². The monoisotopic (exact) mass is 228 g/mol. The highest BCUT2D eigenvalue weighted by Crippen LogP contribution is 2.30. The lowest BCUT2D eigenvalue weighted by Gasteiger charge is -2.16. The number of hydrogen-bond acceptors (Lipinski definition) is 3. The molecule has 5 heteroatoms. The average Bonchev–Trinajstić information content (AvgIpc) is 2.15. The molecule has 4 nitrogen and oxygen atoms in total. The van der Waals surface area contributed by atoms with Gasteiger partial charge in [0.05, 0.1) is 0 Å². The van der Waals surface area contributed by atoms with E-state index in [1.54, 1.807) is 0 Å². The molecule has 1 aliphatic carbocycles. The summed E-state index contributed by atoms with van der Waals surface area (Å²) in [6, 6.07) is 2.82. The second kappa shape index (κ2) is 3.50. The maximum atomic E-state index is 10.9. The third kappa shape index (κ3) is 1.98. The van der Waals surface area contributed by atoms with E-state index < -0.39 is 10.1 Å². The molecule has 2 N–H and O–H groups in total. The van der Waals surface area contributed by atoms with E-state index in [0.29, 0.717) is 0 Å². The van der Waals surface area contributed by atoms with Gasteiger partial charge in [0, 0.05) is 0 Å². The molecule has 2 rings (SSSR count). The molecule has 0 atom stereocenters. The van der Waals surface area contributed by atoms with E-state index in [2.05, 4.69) is 0 Å². The summed E-state index contributed by atoms with van der Waals surface area (Å²) in [4.78, 5) is -0.386. The molecule has 0 radical (unpaired) electrons. The minimum atomic E-state index is -4.32. The van der Waals surface area contributed by atoms with Crippen molar-refractivity contribution >= 4 is 10.1 Å². The molecule has 0 unspecified atom stereocenters. The Bertz CT molecular complexity index is 490. The van der Waals surface area contributed by atoms with Gasteiger partial charge in [-0.2, -0.15) is 8.42 Å². The fourth-order valence-corrected chi connectivity index (χ4v) is 2.57. The van der Waals surface area contributed by atoms with Gasteiger partial charge in [0.15, 0.2) is 0 Å². The maximum Gasteiger partial charge on any atom is 0.298 e. The molecule has 0 amide bonds. The molecule has 0 spiro atoms. The van der Waals surface area contributed by atoms with Crippen molar-refractivity contribution in [3.8, 4) is 5.75 Å². The molecule has 1 aromatic carbocycles. The SMILES string of the molecule is O=S(=O)(O)c1cc2c(cc1O)CCCC2. The number of hydrogen-bond donors (Lipinski definition) is 2. The number of aryl methyl sites for hydroxylation is 2. The van der Waals surface area contributed by atoms with Gasteiger partial charge in [-0.05, 0) is 48.9 Å². The first-order valence-corrected chi connectivity index (χ1v) is 6.25. The van der Waals surface area contributed by atoms with E-state index in [9.17, 15) is 13.5 Å². The maximum absolute atomic E-state index is 10.9. The Hall–Kier alpha value is -1.07. The summed E-state index contributed by atoms with van der Waals surface area (Å²) >= 11 is 0. The highest BCUT2D eigenvalue weighted by Gasteiger charge is 2.19. The summed E-state index contributed by atoms with van der Waals surface area (Å²) in [5.41, 5.74) is 1.89. The Morgan fingerprint density at radius 1 is 1.07 bits per heavy atom. The smallest absolute Gasteiger partial charge is 0.298 e. The van der Waals surface area contributed by atoms with Crippen molar-refractivity contribution in [3.63, 3.8) is 0 Å². The van der Waals surface area contributed by atoms with Crippen LogP contribution < -0.4 is 0 Å². The summed E-state index contributed by atoms with van der Waals surface area (Å²) < 4.78 is 30.8. The van der Waals surface area contributed by atoms with Gasteiger partial charge >= 0.3 is 0 Å². The van der Waals surface area contributed by atoms with Crippen LogP contribution in [0.5, 0.6) is 5.75 Å². The molecule has 15 heavy (non-hydrogen) atoms. The highest BCUT2D eigenvalue weighted by atomic mass is 32.2. The second-order valence-electron chi connectivity index (χ2n) is 3.77. The normalized spacial score (nSPS) is 16.1. The molecule has 0 aliphatic heterocycles. The highest BCUT2D eigenvalue weighted by molar-refractivity contribution is 7.86. The van der Waals surface area contributed by atoms with Crippen LogP contribution in [-0.4, -0.2) is 18.1 Å². The minimum Gasteiger partial charge on any atom is -0.506 e. The van der Waals surface area contributed by atoms with Crippen molar-refractivity contribution in [1.82, 2.24) is 0 Å². The molecule has 1 aromatic rings. The zero-order chi connectivity index (χ0) is 11.1. The van der Waals surface area contributed by atoms with E-state index in [1.807, 2.05) is 0 Å². The molecule has 0 aromatic heterocycles. The number of rotatable bonds is 1. The summed E-state index contributed by atoms with van der Waals surface area (Å²) in [5.74, 6) is -0.363. The van der Waals surface area contributed by atoms with E-state index in [-0.39, 0.29) is 10.6 Å². The van der Waals surface area contributed by atoms with Gasteiger partial charge < -0.3 is 5.11 Å². The zero-order valence-corrected chi connectivity index (χ0v) is 8.92. The molecule has 0 heterocycles. The van der Waals surface area contributed by atoms with Gasteiger partial charge in [-0.15, -0.1) is 0 Å². The molecular weight excluding hydrogens is 216 g/mol. The molecule has 0 saturated heterocycles. The standard InChI is InChI=1S/C10H12O4S/c11-9-5-7-3-1-2-4-8(7)6-10(9)15(12,13)14/h5-6,11H,1-4H2,(H,12,13,14). The predicted octanol–water partition coefficient (Wildman–Crippen LogP) is 1.52. The van der Waals surface area contributed by atoms with E-state index in [0.717, 1.165) is 36.8 Å². The number of aromatic hydroxyl groups is 1. The van der Waals surface area contributed by atoms with E-state index >= 15 is 0 Å². The fourth-order valence-electron chi connectivity index (χ4n) is 1.96. The summed E-state index contributed by atoms with van der Waals surface area (Å²) in [6.45, 7) is 0. The van der Waals surface area contributed by atoms with E-state index in [1.165, 1.54) is 12.1 Å². The van der Waals surface area contributed by atoms with Gasteiger partial charge in [0.1, 0.15) is 10.6 Å². The van der Waals surface area contributed by atoms with Gasteiger partial charge in [-0.3, -0.25) is 4.55 Å². The topological polar surface area (TPSA) is 74.6 Å². The van der Waals surface area contributed by atoms with Crippen molar-refractivity contribution in [2.24, 2.45) is 0 Å². The van der Waals surface area contributed by atoms with Gasteiger partial charge in [-0.1, -0.05) is 0 Å². The van der Waals surface area contributed by atoms with E-state index in [4.69, 9.17) is 4.55 Å². The van der Waals surface area contributed by atoms with Crippen molar-refractivity contribution < 1.29 is 18.1 Å². The fraction of sp³-hybridized carbons (Fsp3) is 0.400. The lowest BCUT2D eigenvalue weighted by molar-refractivity contribution is 0.441. The van der Waals surface area contributed by atoms with Gasteiger partial charge in [0.2, 0.25) is 0 Å². The largest absolute Gasteiger partial charge is 0.506 e. The second-order valence-corrected chi connectivity index (χ2v) is 5.16. The van der Waals surface area contributed by atoms with Crippen LogP contribution in [0.25, 0.3) is 0 Å². The Morgan fingerprint density at radius 3 is 2.13 bits per heavy atom. The Labute approximate surface area is 88.3 Å². The molecule has 0 bridgehead atoms. The molecular formula is C10H12O4S. The molecule has 0 saturated carbocycles. The van der Waals surface area contributed by atoms with Crippen LogP contribution in [0.1, 0.15) is 24.0 Å². The van der Waals surface area contributed by atoms with Crippen molar-refractivity contribution in [3.05, 3.63) is 23.3 Å².